The maximum absolute atomic E-state index is 10.7. The Balaban J connectivity index is 2.17. The highest BCUT2D eigenvalue weighted by atomic mass is 16.3. The average molecular weight is 262 g/mol. The lowest BCUT2D eigenvalue weighted by Crippen LogP contribution is -2.05. The van der Waals surface area contributed by atoms with E-state index in [4.69, 9.17) is 0 Å². The highest BCUT2D eigenvalue weighted by Crippen LogP contribution is 2.33. The zero-order valence-corrected chi connectivity index (χ0v) is 11.4. The van der Waals surface area contributed by atoms with Gasteiger partial charge in [0.15, 0.2) is 0 Å². The van der Waals surface area contributed by atoms with E-state index in [1.807, 2.05) is 0 Å². The van der Waals surface area contributed by atoms with Gasteiger partial charge in [-0.15, -0.1) is 0 Å². The third kappa shape index (κ3) is 9.24. The SMILES string of the molecule is CC(=O)CC[C@H](O)C#C/C=C/C=C/[C@H](O)CC1CC1. The normalized spacial score (nSPS) is 18.3. The molecule has 0 aromatic rings. The van der Waals surface area contributed by atoms with Crippen molar-refractivity contribution in [1.82, 2.24) is 0 Å². The molecule has 3 nitrogen and oxygen atoms in total. The minimum Gasteiger partial charge on any atom is -0.389 e. The summed E-state index contributed by atoms with van der Waals surface area (Å²) in [6.07, 6.45) is 9.82. The Morgan fingerprint density at radius 1 is 1.37 bits per heavy atom. The van der Waals surface area contributed by atoms with Gasteiger partial charge >= 0.3 is 0 Å². The summed E-state index contributed by atoms with van der Waals surface area (Å²) in [5, 5.41) is 19.0. The van der Waals surface area contributed by atoms with Gasteiger partial charge in [0.25, 0.3) is 0 Å². The number of hydrogen-bond acceptors (Lipinski definition) is 3. The molecule has 104 valence electrons. The Morgan fingerprint density at radius 3 is 2.74 bits per heavy atom. The van der Waals surface area contributed by atoms with Crippen molar-refractivity contribution < 1.29 is 15.0 Å². The van der Waals surface area contributed by atoms with Crippen molar-refractivity contribution in [3.8, 4) is 11.8 Å². The lowest BCUT2D eigenvalue weighted by atomic mass is 10.1. The molecule has 1 fully saturated rings. The van der Waals surface area contributed by atoms with Crippen LogP contribution in [0.4, 0.5) is 0 Å². The number of rotatable bonds is 7. The number of aliphatic hydroxyl groups excluding tert-OH is 2. The van der Waals surface area contributed by atoms with Crippen LogP contribution in [0.2, 0.25) is 0 Å². The molecule has 1 aliphatic carbocycles. The Bertz CT molecular complexity index is 394. The van der Waals surface area contributed by atoms with E-state index in [1.54, 1.807) is 24.3 Å². The van der Waals surface area contributed by atoms with Crippen LogP contribution in [-0.4, -0.2) is 28.2 Å². The van der Waals surface area contributed by atoms with Gasteiger partial charge in [-0.05, 0) is 31.8 Å². The van der Waals surface area contributed by atoms with Crippen LogP contribution in [-0.2, 0) is 4.79 Å². The first-order valence-corrected chi connectivity index (χ1v) is 6.78. The third-order valence-electron chi connectivity index (χ3n) is 2.92. The largest absolute Gasteiger partial charge is 0.389 e. The Labute approximate surface area is 115 Å². The van der Waals surface area contributed by atoms with Crippen molar-refractivity contribution in [3.63, 3.8) is 0 Å². The molecule has 0 unspecified atom stereocenters. The van der Waals surface area contributed by atoms with Crippen LogP contribution in [0, 0.1) is 17.8 Å². The van der Waals surface area contributed by atoms with E-state index in [0.717, 1.165) is 6.42 Å². The summed E-state index contributed by atoms with van der Waals surface area (Å²) in [5.41, 5.74) is 0. The molecule has 0 saturated heterocycles. The fraction of sp³-hybridized carbons (Fsp3) is 0.562. The maximum atomic E-state index is 10.7. The van der Waals surface area contributed by atoms with Gasteiger partial charge in [0.05, 0.1) is 6.10 Å². The summed E-state index contributed by atoms with van der Waals surface area (Å²) in [4.78, 5) is 10.7. The molecule has 0 spiro atoms. The number of allylic oxidation sites excluding steroid dienone is 3. The van der Waals surface area contributed by atoms with Crippen LogP contribution in [0.1, 0.15) is 39.0 Å². The first kappa shape index (κ1) is 15.7. The number of ketones is 1. The van der Waals surface area contributed by atoms with Crippen LogP contribution >= 0.6 is 0 Å². The molecule has 0 radical (unpaired) electrons. The second-order valence-corrected chi connectivity index (χ2v) is 5.04. The first-order chi connectivity index (χ1) is 9.08. The molecular weight excluding hydrogens is 240 g/mol. The van der Waals surface area contributed by atoms with E-state index in [9.17, 15) is 15.0 Å². The molecule has 1 aliphatic rings. The molecular formula is C16H22O3. The smallest absolute Gasteiger partial charge is 0.129 e. The van der Waals surface area contributed by atoms with Crippen molar-refractivity contribution >= 4 is 5.78 Å². The van der Waals surface area contributed by atoms with Crippen LogP contribution in [0.15, 0.2) is 24.3 Å². The molecule has 0 bridgehead atoms. The van der Waals surface area contributed by atoms with Crippen molar-refractivity contribution in [3.05, 3.63) is 24.3 Å². The first-order valence-electron chi connectivity index (χ1n) is 6.78. The minimum atomic E-state index is -0.752. The van der Waals surface area contributed by atoms with Crippen LogP contribution in [0.3, 0.4) is 0 Å². The summed E-state index contributed by atoms with van der Waals surface area (Å²) in [7, 11) is 0. The molecule has 0 aromatic carbocycles. The quantitative estimate of drug-likeness (QED) is 0.545. The fourth-order valence-electron chi connectivity index (χ4n) is 1.63. The van der Waals surface area contributed by atoms with Gasteiger partial charge in [-0.25, -0.2) is 0 Å². The van der Waals surface area contributed by atoms with E-state index in [2.05, 4.69) is 11.8 Å². The molecule has 19 heavy (non-hydrogen) atoms. The zero-order valence-electron chi connectivity index (χ0n) is 11.4. The van der Waals surface area contributed by atoms with E-state index in [1.165, 1.54) is 19.8 Å². The molecule has 1 saturated carbocycles. The number of aliphatic hydroxyl groups is 2. The maximum Gasteiger partial charge on any atom is 0.129 e. The van der Waals surface area contributed by atoms with E-state index in [0.29, 0.717) is 18.8 Å². The fourth-order valence-corrected chi connectivity index (χ4v) is 1.63. The number of carbonyl (C=O) groups is 1. The average Bonchev–Trinajstić information content (AvgIpc) is 3.14. The second-order valence-electron chi connectivity index (χ2n) is 5.04. The van der Waals surface area contributed by atoms with Crippen molar-refractivity contribution in [2.45, 2.75) is 51.2 Å². The van der Waals surface area contributed by atoms with Crippen molar-refractivity contribution in [2.24, 2.45) is 5.92 Å². The van der Waals surface area contributed by atoms with Crippen molar-refractivity contribution in [1.29, 1.82) is 0 Å². The summed E-state index contributed by atoms with van der Waals surface area (Å²) in [6, 6.07) is 0. The Morgan fingerprint density at radius 2 is 2.11 bits per heavy atom. The molecule has 0 amide bonds. The lowest BCUT2D eigenvalue weighted by Gasteiger charge is -2.01. The highest BCUT2D eigenvalue weighted by molar-refractivity contribution is 5.75. The number of carbonyl (C=O) groups excluding carboxylic acids is 1. The predicted molar refractivity (Wildman–Crippen MR) is 75.3 cm³/mol. The van der Waals surface area contributed by atoms with Crippen LogP contribution < -0.4 is 0 Å². The molecule has 3 heteroatoms. The van der Waals surface area contributed by atoms with Gasteiger partial charge in [0.2, 0.25) is 0 Å². The van der Waals surface area contributed by atoms with Gasteiger partial charge in [0.1, 0.15) is 11.9 Å². The van der Waals surface area contributed by atoms with Gasteiger partial charge < -0.3 is 15.0 Å². The van der Waals surface area contributed by atoms with Crippen molar-refractivity contribution in [2.75, 3.05) is 0 Å². The van der Waals surface area contributed by atoms with Gasteiger partial charge in [-0.1, -0.05) is 42.9 Å². The number of hydrogen-bond donors (Lipinski definition) is 2. The van der Waals surface area contributed by atoms with Gasteiger partial charge in [-0.3, -0.25) is 0 Å². The molecule has 0 heterocycles. The molecule has 1 rings (SSSR count). The predicted octanol–water partition coefficient (Wildman–Crippen LogP) is 1.99. The Kier molecular flexibility index (Phi) is 7.17. The van der Waals surface area contributed by atoms with E-state index < -0.39 is 6.10 Å². The summed E-state index contributed by atoms with van der Waals surface area (Å²) >= 11 is 0. The summed E-state index contributed by atoms with van der Waals surface area (Å²) in [6.45, 7) is 1.50. The van der Waals surface area contributed by atoms with E-state index in [-0.39, 0.29) is 11.9 Å². The third-order valence-corrected chi connectivity index (χ3v) is 2.92. The molecule has 0 aliphatic heterocycles. The lowest BCUT2D eigenvalue weighted by molar-refractivity contribution is -0.117. The summed E-state index contributed by atoms with van der Waals surface area (Å²) in [5.74, 6) is 6.12. The zero-order chi connectivity index (χ0) is 14.1. The van der Waals surface area contributed by atoms with Crippen LogP contribution in [0.5, 0.6) is 0 Å². The van der Waals surface area contributed by atoms with Gasteiger partial charge in [-0.2, -0.15) is 0 Å². The standard InChI is InChI=1S/C16H22O3/c1-13(17)8-11-15(18)6-4-2-3-5-7-16(19)12-14-9-10-14/h2-3,5,7,14-16,18-19H,8-12H2,1H3/b3-2+,7-5+/t15-,16+/m1/s1. The summed E-state index contributed by atoms with van der Waals surface area (Å²) < 4.78 is 0. The van der Waals surface area contributed by atoms with E-state index >= 15 is 0 Å². The minimum absolute atomic E-state index is 0.0592. The van der Waals surface area contributed by atoms with Gasteiger partial charge in [0, 0.05) is 6.42 Å². The number of Topliss-reactive ketones (excluding diaryl/α,β-unsaturated/α-hetero) is 1. The van der Waals surface area contributed by atoms with Crippen LogP contribution in [0.25, 0.3) is 0 Å². The molecule has 0 aromatic heterocycles. The molecule has 2 atom stereocenters. The second kappa shape index (κ2) is 8.68. The topological polar surface area (TPSA) is 57.5 Å². The highest BCUT2D eigenvalue weighted by Gasteiger charge is 2.23. The Hall–Kier alpha value is -1.37. The monoisotopic (exact) mass is 262 g/mol. The molecule has 2 N–H and O–H groups in total.